The molecule has 5 amide bonds. The lowest BCUT2D eigenvalue weighted by Gasteiger charge is -2.35. The third-order valence-electron chi connectivity index (χ3n) is 20.2. The van der Waals surface area contributed by atoms with Crippen LogP contribution in [-0.4, -0.2) is 207 Å². The number of halogens is 9. The zero-order valence-electron chi connectivity index (χ0n) is 69.7. The average Bonchev–Trinajstić information content (AvgIpc) is 0.775. The van der Waals surface area contributed by atoms with E-state index in [1.807, 2.05) is 82.2 Å². The van der Waals surface area contributed by atoms with Crippen LogP contribution in [-0.2, 0) is 92.6 Å². The van der Waals surface area contributed by atoms with Crippen LogP contribution in [0.3, 0.4) is 0 Å². The van der Waals surface area contributed by atoms with Crippen LogP contribution in [0.1, 0.15) is 150 Å². The zero-order valence-corrected chi connectivity index (χ0v) is 72.0. The maximum Gasteiger partial charge on any atom is 0.416 e. The summed E-state index contributed by atoms with van der Waals surface area (Å²) in [6, 6.07) is 19.1. The van der Waals surface area contributed by atoms with E-state index in [9.17, 15) is 50.3 Å². The zero-order chi connectivity index (χ0) is 87.8. The van der Waals surface area contributed by atoms with Gasteiger partial charge in [0.25, 0.3) is 11.8 Å². The molecule has 0 unspecified atom stereocenters. The van der Waals surface area contributed by atoms with Gasteiger partial charge < -0.3 is 73.8 Å². The van der Waals surface area contributed by atoms with Gasteiger partial charge in [0, 0.05) is 121 Å². The minimum absolute atomic E-state index is 0.0716. The second-order valence-corrected chi connectivity index (χ2v) is 33.9. The second-order valence-electron chi connectivity index (χ2n) is 32.8. The van der Waals surface area contributed by atoms with Gasteiger partial charge in [0.05, 0.1) is 93.2 Å². The molecule has 0 spiro atoms. The number of fused-ring (bicyclic) bond motifs is 4. The van der Waals surface area contributed by atoms with E-state index in [1.165, 1.54) is 24.3 Å². The third-order valence-corrected chi connectivity index (χ3v) is 20.9. The largest absolute Gasteiger partial charge is 0.444 e. The molecule has 0 bridgehead atoms. The number of morpholine rings is 3. The molecule has 0 atom stereocenters. The lowest BCUT2D eigenvalue weighted by molar-refractivity contribution is -0.138. The highest BCUT2D eigenvalue weighted by molar-refractivity contribution is 6.32. The van der Waals surface area contributed by atoms with Crippen molar-refractivity contribution >= 4 is 93.7 Å². The Labute approximate surface area is 718 Å². The highest BCUT2D eigenvalue weighted by Crippen LogP contribution is 2.38. The third kappa shape index (κ3) is 23.9. The molecule has 0 radical (unpaired) electrons. The van der Waals surface area contributed by atoms with Gasteiger partial charge >= 0.3 is 30.6 Å². The average molecular weight is 1750 g/mol. The molecule has 0 saturated carbocycles. The molecular weight excluding hydrogens is 1660 g/mol. The van der Waals surface area contributed by atoms with E-state index < -0.39 is 58.2 Å². The number of nitrogens with one attached hydrogen (secondary N) is 3. The number of aromatic nitrogens is 8. The van der Waals surface area contributed by atoms with Crippen LogP contribution in [0.25, 0.3) is 22.8 Å². The predicted molar refractivity (Wildman–Crippen MR) is 448 cm³/mol. The van der Waals surface area contributed by atoms with Gasteiger partial charge in [-0.2, -0.15) is 26.3 Å². The number of nitrogens with zero attached hydrogens (tertiary/aromatic N) is 14. The van der Waals surface area contributed by atoms with E-state index in [-0.39, 0.29) is 40.4 Å². The molecule has 122 heavy (non-hydrogen) atoms. The van der Waals surface area contributed by atoms with Crippen LogP contribution in [0.5, 0.6) is 0 Å². The number of rotatable bonds is 9. The van der Waals surface area contributed by atoms with E-state index in [4.69, 9.17) is 83.2 Å². The summed E-state index contributed by atoms with van der Waals surface area (Å²) in [7, 11) is 0. The minimum atomic E-state index is -4.56. The Morgan fingerprint density at radius 3 is 1.16 bits per heavy atom. The fourth-order valence-electron chi connectivity index (χ4n) is 14.2. The molecule has 7 aliphatic heterocycles. The molecule has 4 aromatic heterocycles. The summed E-state index contributed by atoms with van der Waals surface area (Å²) in [6.07, 6.45) is -7.48. The molecule has 11 heterocycles. The SMILES string of the molecule is CC(C)(C)OC(=O)N1CCc2c(Cl)nc(Cl)nc2C1.CC(C)(C)OC(=O)N1CCc2c(nc(Cl)nc2N2CCOCC2)C1.Cc1ccc(NC(=O)c2cccc(C(F)(F)F)c2)cc1-c1nc2c(c(N3CCOCC3)n1)CCN(C(=O)OC(C)(C)C)C2.Cc1ccc(NC(=O)c2cccc(C(F)(F)F)c2)cc1-c1nc2c(c(N3CCOCC3)n1)CCNC2. The number of hydrogen-bond donors (Lipinski definition) is 3. The van der Waals surface area contributed by atoms with Gasteiger partial charge in [-0.05, 0) is 203 Å². The van der Waals surface area contributed by atoms with Crippen molar-refractivity contribution in [1.29, 1.82) is 0 Å². The van der Waals surface area contributed by atoms with Crippen LogP contribution in [0.15, 0.2) is 84.9 Å². The molecule has 28 nitrogen and oxygen atoms in total. The quantitative estimate of drug-likeness (QED) is 0.0523. The van der Waals surface area contributed by atoms with E-state index in [2.05, 4.69) is 50.6 Å². The molecule has 37 heteroatoms. The topological polar surface area (TPSA) is 299 Å². The number of hydrogen-bond acceptors (Lipinski definition) is 23. The molecule has 3 N–H and O–H groups in total. The highest BCUT2D eigenvalue weighted by atomic mass is 35.5. The number of carbonyl (C=O) groups is 5. The lowest BCUT2D eigenvalue weighted by Crippen LogP contribution is -2.42. The Hall–Kier alpha value is -10.4. The summed E-state index contributed by atoms with van der Waals surface area (Å²) in [5, 5.41) is 9.44. The maximum atomic E-state index is 13.2. The van der Waals surface area contributed by atoms with Crippen molar-refractivity contribution in [3.05, 3.63) is 179 Å². The van der Waals surface area contributed by atoms with Crippen molar-refractivity contribution in [2.24, 2.45) is 0 Å². The molecule has 652 valence electrons. The molecule has 3 saturated heterocycles. The first-order valence-electron chi connectivity index (χ1n) is 40.0. The van der Waals surface area contributed by atoms with Gasteiger partial charge in [-0.25, -0.2) is 54.3 Å². The van der Waals surface area contributed by atoms with Crippen molar-refractivity contribution in [3.63, 3.8) is 0 Å². The van der Waals surface area contributed by atoms with Crippen molar-refractivity contribution < 1.29 is 78.7 Å². The van der Waals surface area contributed by atoms with Crippen LogP contribution >= 0.6 is 34.8 Å². The summed E-state index contributed by atoms with van der Waals surface area (Å²) >= 11 is 17.9. The van der Waals surface area contributed by atoms with E-state index in [1.54, 1.807) is 45.0 Å². The van der Waals surface area contributed by atoms with Crippen molar-refractivity contribution in [3.8, 4) is 22.8 Å². The summed E-state index contributed by atoms with van der Waals surface area (Å²) in [5.74, 6) is 2.24. The van der Waals surface area contributed by atoms with Crippen molar-refractivity contribution in [2.75, 3.05) is 130 Å². The maximum absolute atomic E-state index is 13.2. The molecule has 0 aliphatic carbocycles. The summed E-state index contributed by atoms with van der Waals surface area (Å²) in [6.45, 7) is 32.6. The van der Waals surface area contributed by atoms with Crippen LogP contribution in [0, 0.1) is 13.8 Å². The van der Waals surface area contributed by atoms with Crippen LogP contribution < -0.4 is 30.7 Å². The van der Waals surface area contributed by atoms with Crippen LogP contribution in [0.2, 0.25) is 15.7 Å². The Kier molecular flexibility index (Phi) is 28.7. The minimum Gasteiger partial charge on any atom is -0.444 e. The first-order chi connectivity index (χ1) is 57.7. The number of ether oxygens (including phenoxy) is 6. The molecule has 15 rings (SSSR count). The number of benzene rings is 4. The van der Waals surface area contributed by atoms with Gasteiger partial charge in [-0.3, -0.25) is 9.59 Å². The Bertz CT molecular complexity index is 5170. The number of aryl methyl sites for hydroxylation is 2. The highest BCUT2D eigenvalue weighted by Gasteiger charge is 2.37. The van der Waals surface area contributed by atoms with Gasteiger partial charge in [0.2, 0.25) is 10.6 Å². The van der Waals surface area contributed by atoms with Crippen molar-refractivity contribution in [1.82, 2.24) is 59.9 Å². The normalized spacial score (nSPS) is 16.2. The number of carbonyl (C=O) groups excluding carboxylic acids is 5. The first-order valence-corrected chi connectivity index (χ1v) is 41.2. The second kappa shape index (κ2) is 38.6. The Morgan fingerprint density at radius 2 is 0.770 bits per heavy atom. The molecule has 8 aromatic rings. The Morgan fingerprint density at radius 1 is 0.418 bits per heavy atom. The fraction of sp³-hybridized carbons (Fsp3) is 0.471. The van der Waals surface area contributed by atoms with Gasteiger partial charge in [-0.15, -0.1) is 0 Å². The van der Waals surface area contributed by atoms with Gasteiger partial charge in [-0.1, -0.05) is 35.9 Å². The molecule has 3 fully saturated rings. The first kappa shape index (κ1) is 90.9. The monoisotopic (exact) mass is 1750 g/mol. The fourth-order valence-corrected chi connectivity index (χ4v) is 14.9. The summed E-state index contributed by atoms with van der Waals surface area (Å²) < 4.78 is 112. The van der Waals surface area contributed by atoms with E-state index >= 15 is 0 Å². The molecule has 7 aliphatic rings. The standard InChI is InChI=1S/C31H34F3N5O4.C26H26F3N5O2.C16H23ClN4O3.C12H15Cl2N3O2/c1-19-8-9-22(35-28(40)20-6-5-7-21(16-20)31(32,33)34)17-24(19)26-36-25-18-39(29(41)43-30(2,3)4)11-10-23(25)27(37-26)38-12-14-42-15-13-38;1-16-5-6-19(31-25(35)17-3-2-4-18(13-17)26(27,28)29)14-21(16)23-32-22-15-30-8-7-20(22)24(33-23)34-9-11-36-12-10-34;1-16(2,3)24-15(22)21-5-4-11-12(10-21)18-14(17)19-13(11)20-6-8-23-9-7-20;1-12(2,3)19-11(18)17-5-4-7-8(6-17)15-10(14)16-9(7)13/h5-9,16-17H,10-15,18H2,1-4H3,(H,35,40);2-6,13-14,30H,7-12,15H2,1H3,(H,31,35);4-10H2,1-3H3;4-6H2,1-3H3. The van der Waals surface area contributed by atoms with Crippen molar-refractivity contribution in [2.45, 2.75) is 157 Å². The Balaban J connectivity index is 0.000000155. The summed E-state index contributed by atoms with van der Waals surface area (Å²) in [5.41, 5.74) is 7.55. The lowest BCUT2D eigenvalue weighted by atomic mass is 10.0. The van der Waals surface area contributed by atoms with E-state index in [0.717, 1.165) is 131 Å². The van der Waals surface area contributed by atoms with Gasteiger partial charge in [0.1, 0.15) is 39.4 Å². The van der Waals surface area contributed by atoms with Crippen LogP contribution in [0.4, 0.5) is 69.6 Å². The smallest absolute Gasteiger partial charge is 0.416 e. The summed E-state index contributed by atoms with van der Waals surface area (Å²) in [4.78, 5) is 111. The van der Waals surface area contributed by atoms with E-state index in [0.29, 0.717) is 156 Å². The molecule has 4 aromatic carbocycles. The number of anilines is 5. The van der Waals surface area contributed by atoms with Gasteiger partial charge in [0.15, 0.2) is 11.6 Å². The number of alkyl halides is 6. The predicted octanol–water partition coefficient (Wildman–Crippen LogP) is 15.4. The molecular formula is C85H98Cl3F6N17O11. The number of amides is 5.